The van der Waals surface area contributed by atoms with Crippen LogP contribution in [0.5, 0.6) is 0 Å². The monoisotopic (exact) mass is 962 g/mol. The smallest absolute Gasteiger partial charge is 0.136 e. The summed E-state index contributed by atoms with van der Waals surface area (Å²) in [6.45, 7) is 6.80. The van der Waals surface area contributed by atoms with Crippen LogP contribution in [0.25, 0.3) is 88.0 Å². The summed E-state index contributed by atoms with van der Waals surface area (Å²) >= 11 is 0. The fourth-order valence-corrected chi connectivity index (χ4v) is 10.9. The number of benzene rings is 12. The Labute approximate surface area is 438 Å². The topological polar surface area (TPSA) is 19.6 Å². The summed E-state index contributed by atoms with van der Waals surface area (Å²) in [5.41, 5.74) is 18.9. The number of hydrogen-bond acceptors (Lipinski definition) is 3. The van der Waals surface area contributed by atoms with Crippen molar-refractivity contribution in [2.24, 2.45) is 0 Å². The third-order valence-electron chi connectivity index (χ3n) is 14.7. The maximum absolute atomic E-state index is 6.90. The molecule has 3 heteroatoms. The van der Waals surface area contributed by atoms with Crippen molar-refractivity contribution in [2.75, 3.05) is 9.80 Å². The SMILES string of the molecule is CC(C)(C)c1ccc(-c2ccccc2N(c2cccc(-c3ccccc3)c2)c2ccc3cc4c(cc3c2)oc2cc3cc(N(c5cccc(-c6ccccc6)c5)c5ccccc5-c5ccccc5)ccc3cc24)cc1. The van der Waals surface area contributed by atoms with E-state index in [1.54, 1.807) is 0 Å². The van der Waals surface area contributed by atoms with Gasteiger partial charge in [-0.15, -0.1) is 0 Å². The Hall–Kier alpha value is -9.44. The van der Waals surface area contributed by atoms with Crippen LogP contribution in [0.4, 0.5) is 34.1 Å². The Morgan fingerprint density at radius 1 is 0.280 bits per heavy atom. The number of anilines is 6. The van der Waals surface area contributed by atoms with Gasteiger partial charge in [0.2, 0.25) is 0 Å². The Morgan fingerprint density at radius 3 is 1.12 bits per heavy atom. The Morgan fingerprint density at radius 2 is 0.667 bits per heavy atom. The normalized spacial score (nSPS) is 11.7. The lowest BCUT2D eigenvalue weighted by Gasteiger charge is -2.29. The van der Waals surface area contributed by atoms with Crippen molar-refractivity contribution in [1.82, 2.24) is 0 Å². The number of hydrogen-bond donors (Lipinski definition) is 0. The average Bonchev–Trinajstić information content (AvgIpc) is 3.82. The minimum atomic E-state index is 0.0598. The molecule has 0 bridgehead atoms. The molecule has 1 aromatic heterocycles. The molecular formula is C72H54N2O. The van der Waals surface area contributed by atoms with Crippen LogP contribution in [0.3, 0.4) is 0 Å². The van der Waals surface area contributed by atoms with E-state index in [0.717, 1.165) is 99.9 Å². The lowest BCUT2D eigenvalue weighted by molar-refractivity contribution is 0.590. The second-order valence-electron chi connectivity index (χ2n) is 20.6. The molecule has 0 atom stereocenters. The van der Waals surface area contributed by atoms with Crippen LogP contribution in [-0.4, -0.2) is 0 Å². The van der Waals surface area contributed by atoms with E-state index in [2.05, 4.69) is 304 Å². The number of rotatable bonds is 10. The molecule has 0 spiro atoms. The van der Waals surface area contributed by atoms with Gasteiger partial charge in [0.15, 0.2) is 0 Å². The molecule has 13 rings (SSSR count). The quantitative estimate of drug-likeness (QED) is 0.136. The maximum Gasteiger partial charge on any atom is 0.136 e. The van der Waals surface area contributed by atoms with Crippen molar-refractivity contribution in [3.63, 3.8) is 0 Å². The molecular weight excluding hydrogens is 909 g/mol. The molecule has 0 fully saturated rings. The van der Waals surface area contributed by atoms with Gasteiger partial charge in [-0.05, 0) is 151 Å². The first kappa shape index (κ1) is 45.4. The lowest BCUT2D eigenvalue weighted by atomic mass is 9.86. The van der Waals surface area contributed by atoms with E-state index in [1.807, 2.05) is 0 Å². The minimum absolute atomic E-state index is 0.0598. The molecule has 0 amide bonds. The zero-order valence-electron chi connectivity index (χ0n) is 42.3. The van der Waals surface area contributed by atoms with E-state index < -0.39 is 0 Å². The van der Waals surface area contributed by atoms with Crippen LogP contribution >= 0.6 is 0 Å². The first-order valence-electron chi connectivity index (χ1n) is 25.9. The first-order valence-corrected chi connectivity index (χ1v) is 25.9. The standard InChI is InChI=1S/C72H54N2O/c1-72(2,3)59-37-33-52(34-38-59)65-30-14-16-32-69(65)74(61-28-18-26-54(42-61)50-21-9-5-10-22-50)63-40-36-56-46-67-66-45-55-35-39-62(43-57(55)47-70(66)75-71(67)48-58(56)44-63)73(60-27-17-25-53(41-60)49-19-7-4-8-20-49)68-31-15-13-29-64(68)51-23-11-6-12-24-51/h4-48H,1-3H3. The van der Waals surface area contributed by atoms with Crippen molar-refractivity contribution >= 4 is 77.6 Å². The highest BCUT2D eigenvalue weighted by atomic mass is 16.3. The van der Waals surface area contributed by atoms with E-state index in [4.69, 9.17) is 4.42 Å². The van der Waals surface area contributed by atoms with Crippen molar-refractivity contribution in [1.29, 1.82) is 0 Å². The number of nitrogens with zero attached hydrogens (tertiary/aromatic N) is 2. The molecule has 0 radical (unpaired) electrons. The predicted octanol–water partition coefficient (Wildman–Crippen LogP) is 20.8. The average molecular weight is 963 g/mol. The summed E-state index contributed by atoms with van der Waals surface area (Å²) < 4.78 is 6.90. The van der Waals surface area contributed by atoms with E-state index in [-0.39, 0.29) is 5.41 Å². The largest absolute Gasteiger partial charge is 0.456 e. The van der Waals surface area contributed by atoms with Crippen molar-refractivity contribution in [3.05, 3.63) is 279 Å². The zero-order valence-corrected chi connectivity index (χ0v) is 42.3. The molecule has 358 valence electrons. The molecule has 3 nitrogen and oxygen atoms in total. The highest BCUT2D eigenvalue weighted by Gasteiger charge is 2.22. The Bertz CT molecular complexity index is 4210. The van der Waals surface area contributed by atoms with Crippen LogP contribution < -0.4 is 9.80 Å². The second-order valence-corrected chi connectivity index (χ2v) is 20.6. The second kappa shape index (κ2) is 18.9. The summed E-state index contributed by atoms with van der Waals surface area (Å²) in [5.74, 6) is 0. The highest BCUT2D eigenvalue weighted by molar-refractivity contribution is 6.14. The minimum Gasteiger partial charge on any atom is -0.456 e. The zero-order chi connectivity index (χ0) is 50.5. The van der Waals surface area contributed by atoms with Gasteiger partial charge in [0.1, 0.15) is 11.2 Å². The van der Waals surface area contributed by atoms with Gasteiger partial charge in [-0.25, -0.2) is 0 Å². The van der Waals surface area contributed by atoms with Gasteiger partial charge < -0.3 is 14.2 Å². The van der Waals surface area contributed by atoms with Crippen molar-refractivity contribution in [3.8, 4) is 44.5 Å². The summed E-state index contributed by atoms with van der Waals surface area (Å²) in [4.78, 5) is 4.80. The molecule has 13 aromatic rings. The third-order valence-corrected chi connectivity index (χ3v) is 14.7. The maximum atomic E-state index is 6.90. The van der Waals surface area contributed by atoms with Gasteiger partial charge in [-0.1, -0.05) is 209 Å². The number of fused-ring (bicyclic) bond motifs is 5. The molecule has 0 aliphatic rings. The predicted molar refractivity (Wildman–Crippen MR) is 319 cm³/mol. The number of furan rings is 1. The molecule has 0 saturated heterocycles. The van der Waals surface area contributed by atoms with Gasteiger partial charge in [0, 0.05) is 44.6 Å². The van der Waals surface area contributed by atoms with Crippen molar-refractivity contribution in [2.45, 2.75) is 26.2 Å². The van der Waals surface area contributed by atoms with Gasteiger partial charge in [0.25, 0.3) is 0 Å². The van der Waals surface area contributed by atoms with E-state index in [1.165, 1.54) is 27.8 Å². The van der Waals surface area contributed by atoms with Crippen LogP contribution in [0.15, 0.2) is 277 Å². The molecule has 75 heavy (non-hydrogen) atoms. The van der Waals surface area contributed by atoms with Crippen molar-refractivity contribution < 1.29 is 4.42 Å². The molecule has 0 aliphatic carbocycles. The fraction of sp³-hybridized carbons (Fsp3) is 0.0556. The Kier molecular flexibility index (Phi) is 11.4. The van der Waals surface area contributed by atoms with E-state index in [0.29, 0.717) is 0 Å². The first-order chi connectivity index (χ1) is 36.8. The molecule has 1 heterocycles. The number of para-hydroxylation sites is 2. The van der Waals surface area contributed by atoms with E-state index >= 15 is 0 Å². The third kappa shape index (κ3) is 8.69. The summed E-state index contributed by atoms with van der Waals surface area (Å²) in [5, 5.41) is 6.71. The summed E-state index contributed by atoms with van der Waals surface area (Å²) in [6, 6.07) is 98.9. The highest BCUT2D eigenvalue weighted by Crippen LogP contribution is 2.46. The fourth-order valence-electron chi connectivity index (χ4n) is 10.9. The molecule has 0 aliphatic heterocycles. The lowest BCUT2D eigenvalue weighted by Crippen LogP contribution is -2.12. The van der Waals surface area contributed by atoms with Crippen LogP contribution in [-0.2, 0) is 5.41 Å². The molecule has 0 unspecified atom stereocenters. The van der Waals surface area contributed by atoms with Crippen LogP contribution in [0.1, 0.15) is 26.3 Å². The summed E-state index contributed by atoms with van der Waals surface area (Å²) in [7, 11) is 0. The van der Waals surface area contributed by atoms with Gasteiger partial charge >= 0.3 is 0 Å². The van der Waals surface area contributed by atoms with Crippen LogP contribution in [0.2, 0.25) is 0 Å². The Balaban J connectivity index is 0.928. The summed E-state index contributed by atoms with van der Waals surface area (Å²) in [6.07, 6.45) is 0. The van der Waals surface area contributed by atoms with E-state index in [9.17, 15) is 0 Å². The molecule has 12 aromatic carbocycles. The van der Waals surface area contributed by atoms with Gasteiger partial charge in [-0.3, -0.25) is 0 Å². The molecule has 0 saturated carbocycles. The van der Waals surface area contributed by atoms with Crippen LogP contribution in [0, 0.1) is 0 Å². The van der Waals surface area contributed by atoms with Gasteiger partial charge in [-0.2, -0.15) is 0 Å². The molecule has 0 N–H and O–H groups in total. The van der Waals surface area contributed by atoms with Gasteiger partial charge in [0.05, 0.1) is 11.4 Å².